The monoisotopic (exact) mass is 356 g/mol. The molecule has 1 aromatic carbocycles. The second-order valence-electron chi connectivity index (χ2n) is 7.30. The van der Waals surface area contributed by atoms with Gasteiger partial charge in [-0.1, -0.05) is 18.2 Å². The Morgan fingerprint density at radius 3 is 2.77 bits per heavy atom. The molecule has 0 aliphatic carbocycles. The summed E-state index contributed by atoms with van der Waals surface area (Å²) in [7, 11) is 0. The van der Waals surface area contributed by atoms with E-state index in [1.54, 1.807) is 4.90 Å². The molecule has 0 bridgehead atoms. The van der Waals surface area contributed by atoms with Crippen LogP contribution in [0.1, 0.15) is 32.3 Å². The Balaban J connectivity index is 1.54. The molecule has 0 spiro atoms. The molecule has 2 heterocycles. The minimum absolute atomic E-state index is 0.111. The van der Waals surface area contributed by atoms with Crippen LogP contribution in [0.5, 0.6) is 0 Å². The number of primary amides is 1. The van der Waals surface area contributed by atoms with Gasteiger partial charge in [-0.05, 0) is 38.3 Å². The zero-order valence-electron chi connectivity index (χ0n) is 15.6. The molecular weight excluding hydrogens is 328 g/mol. The van der Waals surface area contributed by atoms with Gasteiger partial charge in [0, 0.05) is 49.2 Å². The Labute approximate surface area is 154 Å². The Hall–Kier alpha value is -2.34. The van der Waals surface area contributed by atoms with Gasteiger partial charge in [0.05, 0.1) is 0 Å². The van der Waals surface area contributed by atoms with Gasteiger partial charge in [-0.15, -0.1) is 0 Å². The quantitative estimate of drug-likeness (QED) is 0.829. The lowest BCUT2D eigenvalue weighted by Gasteiger charge is -2.42. The predicted molar refractivity (Wildman–Crippen MR) is 103 cm³/mol. The maximum absolute atomic E-state index is 12.6. The summed E-state index contributed by atoms with van der Waals surface area (Å²) in [4.78, 5) is 31.5. The number of benzene rings is 1. The molecule has 3 N–H and O–H groups in total. The van der Waals surface area contributed by atoms with Crippen LogP contribution in [0.3, 0.4) is 0 Å². The van der Waals surface area contributed by atoms with E-state index in [0.29, 0.717) is 26.1 Å². The number of rotatable bonds is 6. The third-order valence-electron chi connectivity index (χ3n) is 5.28. The van der Waals surface area contributed by atoms with Gasteiger partial charge in [-0.3, -0.25) is 14.5 Å². The van der Waals surface area contributed by atoms with Crippen molar-refractivity contribution >= 4 is 22.7 Å². The van der Waals surface area contributed by atoms with Crippen molar-refractivity contribution in [3.63, 3.8) is 0 Å². The summed E-state index contributed by atoms with van der Waals surface area (Å²) in [5.74, 6) is -0.241. The normalized spacial score (nSPS) is 18.6. The standard InChI is InChI=1S/C20H28N4O2/c1-14(2)24-11-10-23(13-18(24)20(21)26)19(25)9-5-6-15-12-22-17-8-4-3-7-16(15)17/h3-4,7-8,12,14,18,22H,5-6,9-11,13H2,1-2H3,(H2,21,26)/t18-/m1/s1. The maximum Gasteiger partial charge on any atom is 0.236 e. The third kappa shape index (κ3) is 3.90. The highest BCUT2D eigenvalue weighted by atomic mass is 16.2. The number of aromatic amines is 1. The number of nitrogens with zero attached hydrogens (tertiary/aromatic N) is 2. The molecule has 6 heteroatoms. The molecule has 26 heavy (non-hydrogen) atoms. The van der Waals surface area contributed by atoms with Gasteiger partial charge in [0.15, 0.2) is 0 Å². The average molecular weight is 356 g/mol. The number of amides is 2. The van der Waals surface area contributed by atoms with Crippen LogP contribution in [-0.4, -0.2) is 58.3 Å². The molecule has 1 atom stereocenters. The number of para-hydroxylation sites is 1. The smallest absolute Gasteiger partial charge is 0.236 e. The molecule has 3 rings (SSSR count). The zero-order valence-corrected chi connectivity index (χ0v) is 15.6. The first-order valence-corrected chi connectivity index (χ1v) is 9.35. The Morgan fingerprint density at radius 2 is 2.04 bits per heavy atom. The van der Waals surface area contributed by atoms with Crippen LogP contribution < -0.4 is 5.73 Å². The lowest BCUT2D eigenvalue weighted by molar-refractivity contribution is -0.138. The van der Waals surface area contributed by atoms with Crippen molar-refractivity contribution in [2.75, 3.05) is 19.6 Å². The SMILES string of the molecule is CC(C)N1CCN(C(=O)CCCc2c[nH]c3ccccc23)C[C@@H]1C(N)=O. The fraction of sp³-hybridized carbons (Fsp3) is 0.500. The van der Waals surface area contributed by atoms with Crippen molar-refractivity contribution in [3.8, 4) is 0 Å². The zero-order chi connectivity index (χ0) is 18.7. The molecule has 0 saturated carbocycles. The fourth-order valence-electron chi connectivity index (χ4n) is 3.82. The van der Waals surface area contributed by atoms with E-state index in [4.69, 9.17) is 5.73 Å². The summed E-state index contributed by atoms with van der Waals surface area (Å²) in [5, 5.41) is 1.22. The number of aryl methyl sites for hydroxylation is 1. The van der Waals surface area contributed by atoms with E-state index in [1.807, 2.05) is 18.3 Å². The summed E-state index contributed by atoms with van der Waals surface area (Å²) in [6.07, 6.45) is 4.18. The highest BCUT2D eigenvalue weighted by Crippen LogP contribution is 2.20. The summed E-state index contributed by atoms with van der Waals surface area (Å²) in [6, 6.07) is 8.06. The molecule has 1 saturated heterocycles. The predicted octanol–water partition coefficient (Wildman–Crippen LogP) is 1.90. The van der Waals surface area contributed by atoms with Crippen molar-refractivity contribution < 1.29 is 9.59 Å². The van der Waals surface area contributed by atoms with Gasteiger partial charge in [0.25, 0.3) is 0 Å². The van der Waals surface area contributed by atoms with E-state index >= 15 is 0 Å². The van der Waals surface area contributed by atoms with Crippen LogP contribution in [0.2, 0.25) is 0 Å². The second kappa shape index (κ2) is 7.91. The Bertz CT molecular complexity index is 783. The Kier molecular flexibility index (Phi) is 5.61. The van der Waals surface area contributed by atoms with E-state index in [1.165, 1.54) is 10.9 Å². The van der Waals surface area contributed by atoms with Crippen LogP contribution in [-0.2, 0) is 16.0 Å². The number of carbonyl (C=O) groups excluding carboxylic acids is 2. The molecule has 2 amide bonds. The van der Waals surface area contributed by atoms with Gasteiger partial charge in [-0.25, -0.2) is 0 Å². The summed E-state index contributed by atoms with van der Waals surface area (Å²) < 4.78 is 0. The second-order valence-corrected chi connectivity index (χ2v) is 7.30. The lowest BCUT2D eigenvalue weighted by Crippen LogP contribution is -2.61. The van der Waals surface area contributed by atoms with Crippen LogP contribution in [0.15, 0.2) is 30.5 Å². The minimum Gasteiger partial charge on any atom is -0.368 e. The van der Waals surface area contributed by atoms with Crippen LogP contribution in [0, 0.1) is 0 Å². The first kappa shape index (κ1) is 18.5. The number of hydrogen-bond donors (Lipinski definition) is 2. The van der Waals surface area contributed by atoms with Crippen LogP contribution >= 0.6 is 0 Å². The lowest BCUT2D eigenvalue weighted by atomic mass is 10.1. The first-order chi connectivity index (χ1) is 12.5. The number of fused-ring (bicyclic) bond motifs is 1. The van der Waals surface area contributed by atoms with Crippen molar-refractivity contribution in [2.24, 2.45) is 5.73 Å². The van der Waals surface area contributed by atoms with E-state index in [0.717, 1.165) is 18.4 Å². The molecule has 1 aromatic heterocycles. The molecule has 1 fully saturated rings. The van der Waals surface area contributed by atoms with Crippen molar-refractivity contribution in [3.05, 3.63) is 36.0 Å². The number of nitrogens with two attached hydrogens (primary N) is 1. The maximum atomic E-state index is 12.6. The third-order valence-corrected chi connectivity index (χ3v) is 5.28. The molecule has 140 valence electrons. The van der Waals surface area contributed by atoms with E-state index < -0.39 is 0 Å². The number of carbonyl (C=O) groups is 2. The highest BCUT2D eigenvalue weighted by Gasteiger charge is 2.33. The van der Waals surface area contributed by atoms with Crippen LogP contribution in [0.25, 0.3) is 10.9 Å². The van der Waals surface area contributed by atoms with Gasteiger partial charge >= 0.3 is 0 Å². The van der Waals surface area contributed by atoms with Crippen molar-refractivity contribution in [1.29, 1.82) is 0 Å². The number of hydrogen-bond acceptors (Lipinski definition) is 3. The molecule has 1 aliphatic heterocycles. The molecule has 1 aliphatic rings. The summed E-state index contributed by atoms with van der Waals surface area (Å²) in [5.41, 5.74) is 7.92. The number of aromatic nitrogens is 1. The van der Waals surface area contributed by atoms with Crippen molar-refractivity contribution in [2.45, 2.75) is 45.2 Å². The molecular formula is C20H28N4O2. The number of piperazine rings is 1. The van der Waals surface area contributed by atoms with Crippen molar-refractivity contribution in [1.82, 2.24) is 14.8 Å². The molecule has 0 radical (unpaired) electrons. The van der Waals surface area contributed by atoms with Gasteiger partial charge < -0.3 is 15.6 Å². The van der Waals surface area contributed by atoms with Crippen LogP contribution in [0.4, 0.5) is 0 Å². The summed E-state index contributed by atoms with van der Waals surface area (Å²) >= 11 is 0. The topological polar surface area (TPSA) is 82.4 Å². The molecule has 2 aromatic rings. The van der Waals surface area contributed by atoms with Gasteiger partial charge in [0.2, 0.25) is 11.8 Å². The van der Waals surface area contributed by atoms with E-state index in [-0.39, 0.29) is 23.9 Å². The largest absolute Gasteiger partial charge is 0.368 e. The average Bonchev–Trinajstić information content (AvgIpc) is 3.04. The number of nitrogens with one attached hydrogen (secondary N) is 1. The summed E-state index contributed by atoms with van der Waals surface area (Å²) in [6.45, 7) is 5.86. The number of H-pyrrole nitrogens is 1. The van der Waals surface area contributed by atoms with Gasteiger partial charge in [-0.2, -0.15) is 0 Å². The van der Waals surface area contributed by atoms with E-state index in [9.17, 15) is 9.59 Å². The molecule has 6 nitrogen and oxygen atoms in total. The Morgan fingerprint density at radius 1 is 1.27 bits per heavy atom. The first-order valence-electron chi connectivity index (χ1n) is 9.35. The minimum atomic E-state index is -0.388. The highest BCUT2D eigenvalue weighted by molar-refractivity contribution is 5.84. The molecule has 0 unspecified atom stereocenters. The van der Waals surface area contributed by atoms with E-state index in [2.05, 4.69) is 35.9 Å². The fourth-order valence-corrected chi connectivity index (χ4v) is 3.82. The van der Waals surface area contributed by atoms with Gasteiger partial charge in [0.1, 0.15) is 6.04 Å².